The maximum atomic E-state index is 9.86. The molecule has 2 N–H and O–H groups in total. The summed E-state index contributed by atoms with van der Waals surface area (Å²) in [6.45, 7) is 0. The van der Waals surface area contributed by atoms with Gasteiger partial charge in [0.05, 0.1) is 5.97 Å². The molecule has 0 aliphatic rings. The van der Waals surface area contributed by atoms with Crippen molar-refractivity contribution in [1.82, 2.24) is 0 Å². The third kappa shape index (κ3) is 10.3. The molecule has 0 radical (unpaired) electrons. The van der Waals surface area contributed by atoms with Gasteiger partial charge in [-0.2, -0.15) is 0 Å². The van der Waals surface area contributed by atoms with Crippen molar-refractivity contribution in [2.24, 2.45) is 5.73 Å². The molecule has 0 heterocycles. The number of aliphatic carboxylic acids is 2. The van der Waals surface area contributed by atoms with E-state index < -0.39 is 18.0 Å². The molecule has 0 aliphatic heterocycles. The van der Waals surface area contributed by atoms with Gasteiger partial charge in [-0.3, -0.25) is 0 Å². The second-order valence-electron chi connectivity index (χ2n) is 1.84. The molecule has 0 aliphatic carbocycles. The molecular weight excluding hydrogens is 256 g/mol. The van der Waals surface area contributed by atoms with Gasteiger partial charge in [0.15, 0.2) is 0 Å². The largest absolute Gasteiger partial charge is 4.00 e. The number of hydrogen-bond acceptors (Lipinski definition) is 5. The number of carboxylic acid groups (broad SMARTS) is 2. The van der Waals surface area contributed by atoms with Crippen molar-refractivity contribution in [1.29, 1.82) is 0 Å². The van der Waals surface area contributed by atoms with Crippen LogP contribution in [-0.4, -0.2) is 35.3 Å². The summed E-state index contributed by atoms with van der Waals surface area (Å²) in [5.74, 6) is -2.75. The molecular formula is C5H7AlNO4Zr+5. The van der Waals surface area contributed by atoms with E-state index in [2.05, 4.69) is 0 Å². The number of rotatable bonds is 4. The summed E-state index contributed by atoms with van der Waals surface area (Å²) >= 11 is 0. The molecule has 0 aromatic rings. The van der Waals surface area contributed by atoms with E-state index in [9.17, 15) is 19.8 Å². The second-order valence-corrected chi connectivity index (χ2v) is 1.84. The monoisotopic (exact) mass is 262 g/mol. The van der Waals surface area contributed by atoms with Gasteiger partial charge in [0.1, 0.15) is 0 Å². The molecule has 0 saturated carbocycles. The fraction of sp³-hybridized carbons (Fsp3) is 0.600. The van der Waals surface area contributed by atoms with E-state index in [-0.39, 0.29) is 56.4 Å². The smallest absolute Gasteiger partial charge is 0.550 e. The van der Waals surface area contributed by atoms with Crippen molar-refractivity contribution < 1.29 is 46.0 Å². The molecule has 12 heavy (non-hydrogen) atoms. The summed E-state index contributed by atoms with van der Waals surface area (Å²) in [5, 5.41) is 19.6. The second kappa shape index (κ2) is 9.40. The molecule has 0 bridgehead atoms. The molecule has 0 amide bonds. The zero-order valence-corrected chi connectivity index (χ0v) is 9.89. The molecule has 0 unspecified atom stereocenters. The summed E-state index contributed by atoms with van der Waals surface area (Å²) in [6.07, 6.45) is -0.500. The van der Waals surface area contributed by atoms with Crippen molar-refractivity contribution in [3.8, 4) is 0 Å². The standard InChI is InChI=1S/C5H9NO4.Al.Zr/c6-3(5(9)10)1-2-4(7)8;;/h3H,1-2,6H2,(H,7,8)(H,9,10);;/q;+3;+4/p-2/t3-;;/m0../s1. The van der Waals surface area contributed by atoms with Crippen molar-refractivity contribution in [2.45, 2.75) is 18.9 Å². The number of nitrogens with two attached hydrogens (primary N) is 1. The van der Waals surface area contributed by atoms with Crippen LogP contribution in [0.3, 0.4) is 0 Å². The Morgan fingerprint density at radius 2 is 1.75 bits per heavy atom. The Labute approximate surface area is 99.6 Å². The van der Waals surface area contributed by atoms with Crippen LogP contribution in [0.4, 0.5) is 0 Å². The molecule has 0 fully saturated rings. The third-order valence-electron chi connectivity index (χ3n) is 0.962. The topological polar surface area (TPSA) is 106 Å². The maximum Gasteiger partial charge on any atom is 4.00 e. The Kier molecular flexibility index (Phi) is 14.2. The predicted molar refractivity (Wildman–Crippen MR) is 33.0 cm³/mol. The zero-order valence-electron chi connectivity index (χ0n) is 6.28. The SMILES string of the molecule is N[C@@H](CCC(=O)[O-])C(=O)[O-].[Al+3].[Zr+4]. The number of carbonyl (C=O) groups excluding carboxylic acids is 2. The fourth-order valence-corrected chi connectivity index (χ4v) is 0.391. The molecule has 0 rings (SSSR count). The first kappa shape index (κ1) is 18.2. The fourth-order valence-electron chi connectivity index (χ4n) is 0.391. The van der Waals surface area contributed by atoms with Crippen LogP contribution < -0.4 is 15.9 Å². The Morgan fingerprint density at radius 1 is 1.33 bits per heavy atom. The normalized spacial score (nSPS) is 10.4. The molecule has 1 atom stereocenters. The average Bonchev–Trinajstić information content (AvgIpc) is 1.82. The van der Waals surface area contributed by atoms with E-state index >= 15 is 0 Å². The van der Waals surface area contributed by atoms with Crippen molar-refractivity contribution in [3.63, 3.8) is 0 Å². The Hall–Kier alpha value is 0.316. The molecule has 0 aromatic carbocycles. The summed E-state index contributed by atoms with van der Waals surface area (Å²) < 4.78 is 0. The van der Waals surface area contributed by atoms with Gasteiger partial charge in [0.25, 0.3) is 0 Å². The first-order valence-electron chi connectivity index (χ1n) is 2.70. The van der Waals surface area contributed by atoms with E-state index in [1.807, 2.05) is 0 Å². The van der Waals surface area contributed by atoms with E-state index in [1.165, 1.54) is 0 Å². The Morgan fingerprint density at radius 3 is 2.00 bits per heavy atom. The van der Waals surface area contributed by atoms with Gasteiger partial charge in [-0.15, -0.1) is 0 Å². The van der Waals surface area contributed by atoms with Crippen molar-refractivity contribution in [3.05, 3.63) is 0 Å². The minimum absolute atomic E-state index is 0. The van der Waals surface area contributed by atoms with E-state index in [0.717, 1.165) is 0 Å². The van der Waals surface area contributed by atoms with Gasteiger partial charge < -0.3 is 25.5 Å². The molecule has 58 valence electrons. The van der Waals surface area contributed by atoms with Gasteiger partial charge in [0.2, 0.25) is 0 Å². The van der Waals surface area contributed by atoms with Gasteiger partial charge in [-0.25, -0.2) is 0 Å². The van der Waals surface area contributed by atoms with Gasteiger partial charge in [-0.05, 0) is 12.8 Å². The van der Waals surface area contributed by atoms with Crippen LogP contribution in [0, 0.1) is 0 Å². The number of hydrogen-bond donors (Lipinski definition) is 1. The number of carboxylic acids is 2. The minimum Gasteiger partial charge on any atom is -0.550 e. The quantitative estimate of drug-likeness (QED) is 0.524. The molecule has 0 saturated heterocycles. The predicted octanol–water partition coefficient (Wildman–Crippen LogP) is -3.79. The van der Waals surface area contributed by atoms with E-state index in [1.54, 1.807) is 0 Å². The zero-order chi connectivity index (χ0) is 8.15. The molecule has 0 aromatic heterocycles. The van der Waals surface area contributed by atoms with E-state index in [4.69, 9.17) is 5.73 Å². The number of carbonyl (C=O) groups is 2. The molecule has 7 heteroatoms. The van der Waals surface area contributed by atoms with Crippen LogP contribution >= 0.6 is 0 Å². The Bertz CT molecular complexity index is 154. The average molecular weight is 263 g/mol. The minimum atomic E-state index is -1.44. The van der Waals surface area contributed by atoms with Crippen molar-refractivity contribution >= 4 is 29.3 Å². The summed E-state index contributed by atoms with van der Waals surface area (Å²) in [4.78, 5) is 19.6. The summed E-state index contributed by atoms with van der Waals surface area (Å²) in [5.41, 5.74) is 4.91. The van der Waals surface area contributed by atoms with E-state index in [0.29, 0.717) is 0 Å². The van der Waals surface area contributed by atoms with Gasteiger partial charge >= 0.3 is 43.6 Å². The first-order chi connectivity index (χ1) is 4.54. The Balaban J connectivity index is -0.000000405. The first-order valence-corrected chi connectivity index (χ1v) is 2.70. The van der Waals surface area contributed by atoms with Gasteiger partial charge in [0, 0.05) is 12.0 Å². The van der Waals surface area contributed by atoms with Crippen molar-refractivity contribution in [2.75, 3.05) is 0 Å². The van der Waals surface area contributed by atoms with Crippen LogP contribution in [0.5, 0.6) is 0 Å². The summed E-state index contributed by atoms with van der Waals surface area (Å²) in [7, 11) is 0. The molecule has 5 nitrogen and oxygen atoms in total. The van der Waals surface area contributed by atoms with Crippen LogP contribution in [0.2, 0.25) is 0 Å². The van der Waals surface area contributed by atoms with Crippen LogP contribution in [0.1, 0.15) is 12.8 Å². The van der Waals surface area contributed by atoms with Crippen LogP contribution in [0.25, 0.3) is 0 Å². The van der Waals surface area contributed by atoms with Crippen LogP contribution in [-0.2, 0) is 35.8 Å². The summed E-state index contributed by atoms with van der Waals surface area (Å²) in [6, 6.07) is -1.21. The maximum absolute atomic E-state index is 9.86. The third-order valence-corrected chi connectivity index (χ3v) is 0.962. The van der Waals surface area contributed by atoms with Crippen LogP contribution in [0.15, 0.2) is 0 Å². The van der Waals surface area contributed by atoms with Gasteiger partial charge in [-0.1, -0.05) is 0 Å². The molecule has 0 spiro atoms.